The number of rotatable bonds is 13. The zero-order valence-electron chi connectivity index (χ0n) is 35.6. The molecule has 3 N–H and O–H groups in total. The number of nitrogens with zero attached hydrogens (tertiary/aromatic N) is 3. The van der Waals surface area contributed by atoms with Crippen molar-refractivity contribution in [1.29, 1.82) is 0 Å². The van der Waals surface area contributed by atoms with Crippen LogP contribution in [0.3, 0.4) is 0 Å². The largest absolute Gasteiger partial charge is 0.496 e. The Morgan fingerprint density at radius 2 is 1.73 bits per heavy atom. The number of hydrogen-bond donors (Lipinski definition) is 3. The number of likely N-dealkylation sites (tertiary alicyclic amines) is 1. The second-order valence-corrected chi connectivity index (χ2v) is 20.7. The molecule has 3 aliphatic rings. The average Bonchev–Trinajstić information content (AvgIpc) is 4.03. The minimum atomic E-state index is -4.88. The Kier molecular flexibility index (Phi) is 11.8. The van der Waals surface area contributed by atoms with Gasteiger partial charge in [0.15, 0.2) is 0 Å². The second-order valence-electron chi connectivity index (χ2n) is 17.9. The van der Waals surface area contributed by atoms with E-state index in [2.05, 4.69) is 15.4 Å². The number of alkyl halides is 3. The lowest BCUT2D eigenvalue weighted by Gasteiger charge is -2.36. The van der Waals surface area contributed by atoms with Crippen molar-refractivity contribution in [2.75, 3.05) is 19.0 Å². The third-order valence-electron chi connectivity index (χ3n) is 11.7. The zero-order valence-corrected chi connectivity index (χ0v) is 37.2. The lowest BCUT2D eigenvalue weighted by atomic mass is 9.85. The fourth-order valence-electron chi connectivity index (χ4n) is 7.81. The molecule has 3 heterocycles. The molecular weight excluding hydrogens is 853 g/mol. The molecule has 3 fully saturated rings. The van der Waals surface area contributed by atoms with E-state index in [1.807, 2.05) is 26.2 Å². The molecule has 0 spiro atoms. The molecule has 1 saturated heterocycles. The smallest absolute Gasteiger partial charge is 0.416 e. The van der Waals surface area contributed by atoms with Gasteiger partial charge in [0.2, 0.25) is 21.8 Å². The van der Waals surface area contributed by atoms with E-state index in [9.17, 15) is 40.4 Å². The lowest BCUT2D eigenvalue weighted by molar-refractivity contribution is -0.141. The number of benzene rings is 2. The molecule has 2 aromatic heterocycles. The Morgan fingerprint density at radius 1 is 1.03 bits per heavy atom. The van der Waals surface area contributed by atoms with Crippen molar-refractivity contribution in [1.82, 2.24) is 24.9 Å². The Morgan fingerprint density at radius 3 is 2.31 bits per heavy atom. The predicted octanol–water partition coefficient (Wildman–Crippen LogP) is 7.33. The van der Waals surface area contributed by atoms with E-state index in [4.69, 9.17) is 19.4 Å². The highest BCUT2D eigenvalue weighted by Gasteiger charge is 2.61. The summed E-state index contributed by atoms with van der Waals surface area (Å²) in [4.78, 5) is 53.9. The number of hydrogen-bond acceptors (Lipinski definition) is 11. The number of aromatic nitrogens is 2. The van der Waals surface area contributed by atoms with Gasteiger partial charge < -0.3 is 25.0 Å². The number of halogens is 4. The van der Waals surface area contributed by atoms with Crippen molar-refractivity contribution < 1.29 is 49.8 Å². The number of ether oxygens (including phenoxy) is 2. The molecule has 2 saturated carbocycles. The van der Waals surface area contributed by atoms with Crippen LogP contribution in [0.2, 0.25) is 0 Å². The Balaban J connectivity index is 1.26. The van der Waals surface area contributed by atoms with Gasteiger partial charge in [-0.25, -0.2) is 22.8 Å². The molecule has 0 bridgehead atoms. The predicted molar refractivity (Wildman–Crippen MR) is 226 cm³/mol. The molecule has 13 nitrogen and oxygen atoms in total. The summed E-state index contributed by atoms with van der Waals surface area (Å²) in [7, 11) is -2.41. The van der Waals surface area contributed by atoms with Crippen molar-refractivity contribution in [3.05, 3.63) is 64.4 Å². The van der Waals surface area contributed by atoms with E-state index in [-0.39, 0.29) is 31.0 Å². The van der Waals surface area contributed by atoms with Gasteiger partial charge in [-0.1, -0.05) is 41.5 Å². The monoisotopic (exact) mass is 902 g/mol. The van der Waals surface area contributed by atoms with Crippen LogP contribution in [0.4, 0.5) is 23.2 Å². The normalized spacial score (nSPS) is 22.1. The third-order valence-corrected chi connectivity index (χ3v) is 14.5. The first kappa shape index (κ1) is 45.0. The number of thiazole rings is 1. The van der Waals surface area contributed by atoms with Gasteiger partial charge in [-0.2, -0.15) is 13.2 Å². The fourth-order valence-corrected chi connectivity index (χ4v) is 10.1. The zero-order chi connectivity index (χ0) is 45.3. The summed E-state index contributed by atoms with van der Waals surface area (Å²) in [5.74, 6) is -2.83. The molecule has 3 amide bonds. The first-order valence-electron chi connectivity index (χ1n) is 20.4. The van der Waals surface area contributed by atoms with E-state index < -0.39 is 85.6 Å². The number of carbonyl (C=O) groups is 3. The summed E-state index contributed by atoms with van der Waals surface area (Å²) in [5.41, 5.74) is -1.45. The topological polar surface area (TPSA) is 169 Å². The van der Waals surface area contributed by atoms with Crippen molar-refractivity contribution in [3.8, 4) is 22.2 Å². The molecule has 2 aliphatic carbocycles. The lowest BCUT2D eigenvalue weighted by Crippen LogP contribution is -2.58. The van der Waals surface area contributed by atoms with Crippen molar-refractivity contribution >= 4 is 55.7 Å². The van der Waals surface area contributed by atoms with Gasteiger partial charge in [0.25, 0.3) is 5.91 Å². The standard InChI is InChI=1S/C43H50F4N6O7S2/c1-21(2)31-20-61-38(50-31)30-17-34(29-11-12-33(59-8)23(4)35(29)49-30)60-27-16-32(37(54)51-42(18-22(42)3)40(56)52-62(57,58)28-9-10-28)53(19-27)39(55)36(41(5,6)7)48-26-14-24(43(45,46)47)13-25(44)15-26/h11-15,17,20-22,27-28,32,36,48H,9-10,16,18-19H2,1-8H3,(H,51,54)(H,52,56)/t22?,27-,32+,36-,42-/m1/s1. The summed E-state index contributed by atoms with van der Waals surface area (Å²) in [6.07, 6.45) is -4.86. The first-order chi connectivity index (χ1) is 28.9. The number of nitrogens with one attached hydrogen (secondary N) is 3. The molecule has 0 radical (unpaired) electrons. The van der Waals surface area contributed by atoms with Gasteiger partial charge in [0.05, 0.1) is 35.7 Å². The van der Waals surface area contributed by atoms with Gasteiger partial charge in [-0.05, 0) is 73.8 Å². The molecular formula is C43H50F4N6O7S2. The van der Waals surface area contributed by atoms with Crippen LogP contribution in [-0.2, 0) is 30.6 Å². The van der Waals surface area contributed by atoms with Crippen molar-refractivity contribution in [3.63, 3.8) is 0 Å². The van der Waals surface area contributed by atoms with Gasteiger partial charge in [-0.15, -0.1) is 11.3 Å². The quantitative estimate of drug-likeness (QED) is 0.116. The molecule has 1 unspecified atom stereocenters. The van der Waals surface area contributed by atoms with E-state index in [0.717, 1.165) is 17.3 Å². The minimum Gasteiger partial charge on any atom is -0.496 e. The highest BCUT2D eigenvalue weighted by atomic mass is 32.2. The summed E-state index contributed by atoms with van der Waals surface area (Å²) in [5, 5.41) is 8.10. The van der Waals surface area contributed by atoms with Gasteiger partial charge in [0, 0.05) is 34.5 Å². The van der Waals surface area contributed by atoms with Crippen LogP contribution < -0.4 is 24.8 Å². The summed E-state index contributed by atoms with van der Waals surface area (Å²) in [6.45, 7) is 12.4. The maximum Gasteiger partial charge on any atom is 0.416 e. The second kappa shape index (κ2) is 16.3. The SMILES string of the molecule is COc1ccc2c(O[C@@H]3C[C@@H](C(=O)N[C@]4(C(=O)NS(=O)(=O)C5CC5)CC4C)N(C(=O)[C@@H](Nc4cc(F)cc(C(F)(F)F)c4)C(C)(C)C)C3)cc(-c3nc(C(C)C)cs3)nc2c1C. The van der Waals surface area contributed by atoms with Crippen LogP contribution in [0.15, 0.2) is 41.8 Å². The van der Waals surface area contributed by atoms with Crippen LogP contribution in [0.25, 0.3) is 21.6 Å². The molecule has 1 aliphatic heterocycles. The number of fused-ring (bicyclic) bond motifs is 1. The molecule has 4 aromatic rings. The van der Waals surface area contributed by atoms with Crippen LogP contribution in [0.1, 0.15) is 90.0 Å². The van der Waals surface area contributed by atoms with Crippen molar-refractivity contribution in [2.45, 2.75) is 115 Å². The Bertz CT molecular complexity index is 2540. The first-order valence-corrected chi connectivity index (χ1v) is 22.8. The highest BCUT2D eigenvalue weighted by Crippen LogP contribution is 2.45. The van der Waals surface area contributed by atoms with Crippen LogP contribution in [-0.4, -0.2) is 83.6 Å². The van der Waals surface area contributed by atoms with Crippen molar-refractivity contribution in [2.24, 2.45) is 11.3 Å². The number of aryl methyl sites for hydroxylation is 1. The molecule has 334 valence electrons. The van der Waals surface area contributed by atoms with E-state index in [0.29, 0.717) is 58.1 Å². The number of amides is 3. The highest BCUT2D eigenvalue weighted by molar-refractivity contribution is 7.91. The molecule has 7 rings (SSSR count). The van der Waals surface area contributed by atoms with Gasteiger partial charge >= 0.3 is 6.18 Å². The number of sulfonamides is 1. The number of methoxy groups -OCH3 is 1. The van der Waals surface area contributed by atoms with Crippen LogP contribution in [0.5, 0.6) is 11.5 Å². The van der Waals surface area contributed by atoms with E-state index >= 15 is 0 Å². The Labute approximate surface area is 361 Å². The number of anilines is 1. The molecule has 19 heteroatoms. The number of carbonyl (C=O) groups excluding carboxylic acids is 3. The third kappa shape index (κ3) is 9.05. The van der Waals surface area contributed by atoms with Crippen LogP contribution >= 0.6 is 11.3 Å². The van der Waals surface area contributed by atoms with E-state index in [1.54, 1.807) is 53.0 Å². The van der Waals surface area contributed by atoms with Gasteiger partial charge in [0.1, 0.15) is 51.7 Å². The maximum atomic E-state index is 14.9. The summed E-state index contributed by atoms with van der Waals surface area (Å²) < 4.78 is 95.9. The molecule has 5 atom stereocenters. The number of pyridine rings is 1. The fraction of sp³-hybridized carbons (Fsp3) is 0.512. The van der Waals surface area contributed by atoms with Gasteiger partial charge in [-0.3, -0.25) is 19.1 Å². The average molecular weight is 903 g/mol. The minimum absolute atomic E-state index is 0.0951. The molecule has 2 aromatic carbocycles. The maximum absolute atomic E-state index is 14.9. The summed E-state index contributed by atoms with van der Waals surface area (Å²) in [6, 6.07) is 4.61. The molecule has 62 heavy (non-hydrogen) atoms. The Hall–Kier alpha value is -5.04. The van der Waals surface area contributed by atoms with Crippen LogP contribution in [0, 0.1) is 24.1 Å². The summed E-state index contributed by atoms with van der Waals surface area (Å²) >= 11 is 1.42. The van der Waals surface area contributed by atoms with E-state index in [1.165, 1.54) is 16.2 Å².